The number of carbonyl (C=O) groups is 2. The molecule has 0 spiro atoms. The first-order valence-corrected chi connectivity index (χ1v) is 10.4. The minimum absolute atomic E-state index is 0.0187. The molecule has 0 aliphatic rings. The van der Waals surface area contributed by atoms with Crippen molar-refractivity contribution in [3.05, 3.63) is 99.7 Å². The van der Waals surface area contributed by atoms with Crippen molar-refractivity contribution in [2.45, 2.75) is 13.1 Å². The lowest BCUT2D eigenvalue weighted by Gasteiger charge is -2.14. The summed E-state index contributed by atoms with van der Waals surface area (Å²) in [6.07, 6.45) is -4.67. The molecule has 3 aromatic carbocycles. The molecule has 0 radical (unpaired) electrons. The van der Waals surface area contributed by atoms with Crippen LogP contribution in [-0.4, -0.2) is 18.5 Å². The van der Waals surface area contributed by atoms with Crippen LogP contribution in [0, 0.1) is 6.92 Å². The second kappa shape index (κ2) is 9.46. The van der Waals surface area contributed by atoms with Gasteiger partial charge in [0.25, 0.3) is 5.91 Å². The number of amides is 1. The number of ether oxygens (including phenoxy) is 1. The van der Waals surface area contributed by atoms with E-state index in [0.29, 0.717) is 11.1 Å². The first kappa shape index (κ1) is 23.7. The molecule has 1 heterocycles. The van der Waals surface area contributed by atoms with E-state index in [1.807, 2.05) is 0 Å². The SMILES string of the molecule is Cc1c(-c2ccccc2)oc2c(C(=O)OCC(=O)Nc3ccccc3C(F)(F)F)cccc2c1=O. The van der Waals surface area contributed by atoms with Gasteiger partial charge in [-0.1, -0.05) is 48.5 Å². The molecular formula is C26H18F3NO5. The third-order valence-electron chi connectivity index (χ3n) is 5.24. The molecule has 6 nitrogen and oxygen atoms in total. The molecule has 0 aliphatic carbocycles. The smallest absolute Gasteiger partial charge is 0.418 e. The number of esters is 1. The van der Waals surface area contributed by atoms with Crippen molar-refractivity contribution in [2.75, 3.05) is 11.9 Å². The molecule has 0 aliphatic heterocycles. The zero-order valence-electron chi connectivity index (χ0n) is 18.3. The minimum atomic E-state index is -4.67. The molecule has 1 N–H and O–H groups in total. The van der Waals surface area contributed by atoms with Crippen molar-refractivity contribution in [3.8, 4) is 11.3 Å². The Morgan fingerprint density at radius 1 is 0.943 bits per heavy atom. The van der Waals surface area contributed by atoms with E-state index < -0.39 is 35.9 Å². The van der Waals surface area contributed by atoms with E-state index in [4.69, 9.17) is 9.15 Å². The minimum Gasteiger partial charge on any atom is -0.455 e. The summed E-state index contributed by atoms with van der Waals surface area (Å²) in [7, 11) is 0. The number of para-hydroxylation sites is 2. The van der Waals surface area contributed by atoms with E-state index in [1.165, 1.54) is 30.3 Å². The number of hydrogen-bond acceptors (Lipinski definition) is 5. The van der Waals surface area contributed by atoms with Gasteiger partial charge in [0, 0.05) is 11.1 Å². The maximum Gasteiger partial charge on any atom is 0.418 e. The summed E-state index contributed by atoms with van der Waals surface area (Å²) in [5.41, 5.74) is -0.942. The van der Waals surface area contributed by atoms with Gasteiger partial charge >= 0.3 is 12.1 Å². The predicted octanol–water partition coefficient (Wildman–Crippen LogP) is 5.58. The average molecular weight is 481 g/mol. The topological polar surface area (TPSA) is 85.6 Å². The molecule has 0 bridgehead atoms. The van der Waals surface area contributed by atoms with Crippen LogP contribution in [0.4, 0.5) is 18.9 Å². The number of carbonyl (C=O) groups excluding carboxylic acids is 2. The Hall–Kier alpha value is -4.40. The summed E-state index contributed by atoms with van der Waals surface area (Å²) in [5.74, 6) is -1.65. The van der Waals surface area contributed by atoms with Gasteiger partial charge in [-0.2, -0.15) is 13.2 Å². The quantitative estimate of drug-likeness (QED) is 0.376. The van der Waals surface area contributed by atoms with E-state index in [1.54, 1.807) is 37.3 Å². The molecule has 4 aromatic rings. The third-order valence-corrected chi connectivity index (χ3v) is 5.24. The van der Waals surface area contributed by atoms with Crippen LogP contribution in [0.2, 0.25) is 0 Å². The summed E-state index contributed by atoms with van der Waals surface area (Å²) < 4.78 is 50.3. The van der Waals surface area contributed by atoms with Gasteiger partial charge in [-0.3, -0.25) is 9.59 Å². The van der Waals surface area contributed by atoms with Gasteiger partial charge in [-0.25, -0.2) is 4.79 Å². The van der Waals surface area contributed by atoms with E-state index in [-0.39, 0.29) is 27.7 Å². The molecule has 0 fully saturated rings. The second-order valence-electron chi connectivity index (χ2n) is 7.60. The van der Waals surface area contributed by atoms with Gasteiger partial charge in [0.2, 0.25) is 0 Å². The second-order valence-corrected chi connectivity index (χ2v) is 7.60. The molecule has 35 heavy (non-hydrogen) atoms. The van der Waals surface area contributed by atoms with E-state index >= 15 is 0 Å². The van der Waals surface area contributed by atoms with Crippen molar-refractivity contribution in [3.63, 3.8) is 0 Å². The Bertz CT molecular complexity index is 1480. The van der Waals surface area contributed by atoms with Crippen LogP contribution in [-0.2, 0) is 15.7 Å². The van der Waals surface area contributed by atoms with Gasteiger partial charge < -0.3 is 14.5 Å². The highest BCUT2D eigenvalue weighted by Crippen LogP contribution is 2.34. The Morgan fingerprint density at radius 2 is 1.63 bits per heavy atom. The zero-order valence-corrected chi connectivity index (χ0v) is 18.3. The van der Waals surface area contributed by atoms with Crippen molar-refractivity contribution in [1.29, 1.82) is 0 Å². The molecule has 0 saturated carbocycles. The lowest BCUT2D eigenvalue weighted by atomic mass is 10.0. The van der Waals surface area contributed by atoms with Crippen LogP contribution in [0.3, 0.4) is 0 Å². The number of hydrogen-bond donors (Lipinski definition) is 1. The number of nitrogens with one attached hydrogen (secondary N) is 1. The summed E-state index contributed by atoms with van der Waals surface area (Å²) in [4.78, 5) is 37.9. The van der Waals surface area contributed by atoms with Crippen molar-refractivity contribution in [1.82, 2.24) is 0 Å². The molecule has 1 amide bonds. The van der Waals surface area contributed by atoms with Crippen LogP contribution in [0.15, 0.2) is 82.0 Å². The number of halogens is 3. The molecule has 1 aromatic heterocycles. The molecule has 4 rings (SSSR count). The number of benzene rings is 3. The summed E-state index contributed by atoms with van der Waals surface area (Å²) in [5, 5.41) is 2.25. The summed E-state index contributed by atoms with van der Waals surface area (Å²) in [6.45, 7) is 0.769. The van der Waals surface area contributed by atoms with E-state index in [0.717, 1.165) is 12.1 Å². The van der Waals surface area contributed by atoms with Crippen molar-refractivity contribution >= 4 is 28.5 Å². The lowest BCUT2D eigenvalue weighted by molar-refractivity contribution is -0.137. The third kappa shape index (κ3) is 4.93. The number of alkyl halides is 3. The normalized spacial score (nSPS) is 11.3. The van der Waals surface area contributed by atoms with Gasteiger partial charge in [0.15, 0.2) is 17.6 Å². The van der Waals surface area contributed by atoms with Crippen LogP contribution in [0.25, 0.3) is 22.3 Å². The van der Waals surface area contributed by atoms with Crippen LogP contribution < -0.4 is 10.7 Å². The number of rotatable bonds is 5. The molecule has 0 atom stereocenters. The van der Waals surface area contributed by atoms with Gasteiger partial charge in [0.05, 0.1) is 16.6 Å². The highest BCUT2D eigenvalue weighted by atomic mass is 19.4. The fraction of sp³-hybridized carbons (Fsp3) is 0.115. The zero-order chi connectivity index (χ0) is 25.2. The van der Waals surface area contributed by atoms with Gasteiger partial charge in [0.1, 0.15) is 11.3 Å². The molecular weight excluding hydrogens is 463 g/mol. The van der Waals surface area contributed by atoms with E-state index in [2.05, 4.69) is 5.32 Å². The first-order valence-electron chi connectivity index (χ1n) is 10.4. The largest absolute Gasteiger partial charge is 0.455 e. The summed E-state index contributed by atoms with van der Waals surface area (Å²) >= 11 is 0. The molecule has 9 heteroatoms. The fourth-order valence-electron chi connectivity index (χ4n) is 3.57. The van der Waals surface area contributed by atoms with Crippen molar-refractivity contribution < 1.29 is 31.9 Å². The highest BCUT2D eigenvalue weighted by Gasteiger charge is 2.33. The Morgan fingerprint density at radius 3 is 2.34 bits per heavy atom. The van der Waals surface area contributed by atoms with Crippen LogP contribution in [0.5, 0.6) is 0 Å². The maximum atomic E-state index is 13.1. The standard InChI is InChI=1S/C26H18F3NO5/c1-15-22(32)17-10-7-11-18(24(17)35-23(15)16-8-3-2-4-9-16)25(33)34-14-21(31)30-20-13-6-5-12-19(20)26(27,28)29/h2-13H,14H2,1H3,(H,30,31). The predicted molar refractivity (Wildman–Crippen MR) is 123 cm³/mol. The number of fused-ring (bicyclic) bond motifs is 1. The molecule has 0 saturated heterocycles. The Labute approximate surface area is 197 Å². The van der Waals surface area contributed by atoms with Gasteiger partial charge in [-0.15, -0.1) is 0 Å². The van der Waals surface area contributed by atoms with E-state index in [9.17, 15) is 27.6 Å². The monoisotopic (exact) mass is 481 g/mol. The molecule has 178 valence electrons. The van der Waals surface area contributed by atoms with Crippen LogP contribution in [0.1, 0.15) is 21.5 Å². The Balaban J connectivity index is 1.59. The maximum absolute atomic E-state index is 13.1. The van der Waals surface area contributed by atoms with Crippen LogP contribution >= 0.6 is 0 Å². The Kier molecular flexibility index (Phi) is 6.42. The first-order chi connectivity index (χ1) is 16.7. The lowest BCUT2D eigenvalue weighted by Crippen LogP contribution is -2.23. The average Bonchev–Trinajstić information content (AvgIpc) is 2.84. The number of anilines is 1. The summed E-state index contributed by atoms with van der Waals surface area (Å²) in [6, 6.07) is 17.6. The van der Waals surface area contributed by atoms with Gasteiger partial charge in [-0.05, 0) is 31.2 Å². The molecule has 0 unspecified atom stereocenters. The fourth-order valence-corrected chi connectivity index (χ4v) is 3.57. The van der Waals surface area contributed by atoms with Crippen molar-refractivity contribution in [2.24, 2.45) is 0 Å². The highest BCUT2D eigenvalue weighted by molar-refractivity contribution is 6.03.